The zero-order valence-corrected chi connectivity index (χ0v) is 16.8. The van der Waals surface area contributed by atoms with E-state index in [-0.39, 0.29) is 0 Å². The van der Waals surface area contributed by atoms with Crippen LogP contribution in [0.2, 0.25) is 0 Å². The Balaban J connectivity index is 2.95. The highest BCUT2D eigenvalue weighted by Gasteiger charge is 2.19. The molecule has 0 saturated carbocycles. The summed E-state index contributed by atoms with van der Waals surface area (Å²) in [6.07, 6.45) is 1.87. The lowest BCUT2D eigenvalue weighted by atomic mass is 9.84. The molecule has 0 unspecified atom stereocenters. The number of aryl methyl sites for hydroxylation is 6. The Morgan fingerprint density at radius 2 is 1.00 bits per heavy atom. The van der Waals surface area contributed by atoms with E-state index in [4.69, 9.17) is 0 Å². The van der Waals surface area contributed by atoms with Gasteiger partial charge in [-0.25, -0.2) is 0 Å². The van der Waals surface area contributed by atoms with Gasteiger partial charge in [0.15, 0.2) is 0 Å². The molecule has 0 atom stereocenters. The number of allylic oxidation sites excluding steroid dienone is 2. The molecule has 0 aliphatic carbocycles. The van der Waals surface area contributed by atoms with Crippen molar-refractivity contribution in [3.63, 3.8) is 0 Å². The summed E-state index contributed by atoms with van der Waals surface area (Å²) in [5.74, 6) is 0.338. The molecule has 0 bridgehead atoms. The van der Waals surface area contributed by atoms with E-state index in [2.05, 4.69) is 65.8 Å². The van der Waals surface area contributed by atoms with E-state index in [1.54, 1.807) is 0 Å². The third-order valence-corrected chi connectivity index (χ3v) is 4.54. The lowest BCUT2D eigenvalue weighted by Crippen LogP contribution is -2.04. The van der Waals surface area contributed by atoms with Crippen LogP contribution in [0.4, 0.5) is 0 Å². The highest BCUT2D eigenvalue weighted by Crippen LogP contribution is 2.36. The maximum absolute atomic E-state index is 11.0. The molecule has 2 rings (SSSR count). The molecule has 132 valence electrons. The molecule has 0 spiro atoms. The minimum Gasteiger partial charge on any atom is -0.507 e. The first kappa shape index (κ1) is 19.1. The first-order chi connectivity index (χ1) is 11.6. The molecule has 1 heteroatoms. The van der Waals surface area contributed by atoms with Gasteiger partial charge in [-0.05, 0) is 94.8 Å². The largest absolute Gasteiger partial charge is 0.507 e. The quantitative estimate of drug-likeness (QED) is 0.482. The fourth-order valence-corrected chi connectivity index (χ4v) is 3.88. The maximum Gasteiger partial charge on any atom is 0.123 e. The monoisotopic (exact) mass is 334 g/mol. The average Bonchev–Trinajstić information content (AvgIpc) is 2.42. The van der Waals surface area contributed by atoms with Crippen LogP contribution in [0.25, 0.3) is 5.57 Å². The summed E-state index contributed by atoms with van der Waals surface area (Å²) in [5, 5.41) is 11.0. The van der Waals surface area contributed by atoms with Crippen LogP contribution < -0.4 is 0 Å². The van der Waals surface area contributed by atoms with Gasteiger partial charge < -0.3 is 5.11 Å². The van der Waals surface area contributed by atoms with Crippen molar-refractivity contribution in [1.29, 1.82) is 0 Å². The minimum atomic E-state index is 0.338. The van der Waals surface area contributed by atoms with Crippen LogP contribution in [0, 0.1) is 41.5 Å². The Kier molecular flexibility index (Phi) is 5.57. The molecule has 1 nitrogen and oxygen atoms in total. The first-order valence-corrected chi connectivity index (χ1v) is 8.86. The van der Waals surface area contributed by atoms with Gasteiger partial charge in [0.2, 0.25) is 0 Å². The Bertz CT molecular complexity index is 769. The maximum atomic E-state index is 11.0. The molecule has 2 aromatic rings. The Hall–Kier alpha value is -2.28. The normalized spacial score (nSPS) is 10.6. The zero-order valence-electron chi connectivity index (χ0n) is 16.8. The average molecular weight is 335 g/mol. The van der Waals surface area contributed by atoms with Crippen LogP contribution in [0.15, 0.2) is 41.7 Å². The SMILES string of the molecule is CC(C)=CC(O)=C(c1c(C)cc(C)cc1C)c1c(C)cc(C)cc1C. The molecule has 25 heavy (non-hydrogen) atoms. The van der Waals surface area contributed by atoms with Gasteiger partial charge >= 0.3 is 0 Å². The third-order valence-electron chi connectivity index (χ3n) is 4.54. The standard InChI is InChI=1S/C24H30O/c1-14(2)9-21(25)24(22-17(5)10-15(3)11-18(22)6)23-19(7)12-16(4)13-20(23)8/h9-13,25H,1-8H3. The van der Waals surface area contributed by atoms with Crippen molar-refractivity contribution < 1.29 is 5.11 Å². The van der Waals surface area contributed by atoms with Crippen LogP contribution in [0.5, 0.6) is 0 Å². The van der Waals surface area contributed by atoms with Crippen molar-refractivity contribution in [3.05, 3.63) is 86.2 Å². The number of hydrogen-bond donors (Lipinski definition) is 1. The Labute approximate surface area is 152 Å². The van der Waals surface area contributed by atoms with Gasteiger partial charge in [-0.2, -0.15) is 0 Å². The van der Waals surface area contributed by atoms with Crippen LogP contribution in [0.3, 0.4) is 0 Å². The molecule has 0 saturated heterocycles. The molecule has 0 aliphatic rings. The van der Waals surface area contributed by atoms with Gasteiger partial charge in [0.25, 0.3) is 0 Å². The molecule has 0 aliphatic heterocycles. The summed E-state index contributed by atoms with van der Waals surface area (Å²) in [7, 11) is 0. The molecule has 2 aromatic carbocycles. The molecule has 0 heterocycles. The van der Waals surface area contributed by atoms with Crippen LogP contribution >= 0.6 is 0 Å². The molecule has 0 fully saturated rings. The van der Waals surface area contributed by atoms with E-state index in [1.807, 2.05) is 19.9 Å². The zero-order chi connectivity index (χ0) is 18.9. The van der Waals surface area contributed by atoms with Crippen molar-refractivity contribution in [2.75, 3.05) is 0 Å². The second kappa shape index (κ2) is 7.31. The van der Waals surface area contributed by atoms with E-state index >= 15 is 0 Å². The fraction of sp³-hybridized carbons (Fsp3) is 0.333. The minimum absolute atomic E-state index is 0.338. The van der Waals surface area contributed by atoms with Gasteiger partial charge in [-0.15, -0.1) is 0 Å². The number of rotatable bonds is 3. The van der Waals surface area contributed by atoms with Crippen molar-refractivity contribution in [2.24, 2.45) is 0 Å². The predicted molar refractivity (Wildman–Crippen MR) is 109 cm³/mol. The summed E-state index contributed by atoms with van der Waals surface area (Å²) in [5.41, 5.74) is 11.6. The van der Waals surface area contributed by atoms with Gasteiger partial charge in [-0.1, -0.05) is 41.0 Å². The highest BCUT2D eigenvalue weighted by atomic mass is 16.3. The van der Waals surface area contributed by atoms with Crippen LogP contribution in [-0.4, -0.2) is 5.11 Å². The van der Waals surface area contributed by atoms with E-state index in [0.717, 1.165) is 22.3 Å². The smallest absolute Gasteiger partial charge is 0.123 e. The van der Waals surface area contributed by atoms with E-state index in [9.17, 15) is 5.11 Å². The molecule has 0 radical (unpaired) electrons. The number of hydrogen-bond acceptors (Lipinski definition) is 1. The van der Waals surface area contributed by atoms with Crippen LogP contribution in [0.1, 0.15) is 58.4 Å². The van der Waals surface area contributed by atoms with Gasteiger partial charge in [-0.3, -0.25) is 0 Å². The van der Waals surface area contributed by atoms with Gasteiger partial charge in [0.05, 0.1) is 0 Å². The van der Waals surface area contributed by atoms with Crippen LogP contribution in [-0.2, 0) is 0 Å². The van der Waals surface area contributed by atoms with E-state index in [1.165, 1.54) is 33.4 Å². The van der Waals surface area contributed by atoms with Crippen molar-refractivity contribution in [1.82, 2.24) is 0 Å². The van der Waals surface area contributed by atoms with Crippen molar-refractivity contribution in [2.45, 2.75) is 55.4 Å². The number of aliphatic hydroxyl groups is 1. The van der Waals surface area contributed by atoms with Crippen molar-refractivity contribution in [3.8, 4) is 0 Å². The first-order valence-electron chi connectivity index (χ1n) is 8.86. The van der Waals surface area contributed by atoms with Gasteiger partial charge in [0, 0.05) is 5.57 Å². The molecule has 0 amide bonds. The summed E-state index contributed by atoms with van der Waals surface area (Å²) in [4.78, 5) is 0. The summed E-state index contributed by atoms with van der Waals surface area (Å²) >= 11 is 0. The molecular formula is C24H30O. The molecule has 1 N–H and O–H groups in total. The van der Waals surface area contributed by atoms with E-state index < -0.39 is 0 Å². The van der Waals surface area contributed by atoms with E-state index in [0.29, 0.717) is 5.76 Å². The number of aliphatic hydroxyl groups excluding tert-OH is 1. The summed E-state index contributed by atoms with van der Waals surface area (Å²) in [6, 6.07) is 8.77. The third kappa shape index (κ3) is 4.04. The highest BCUT2D eigenvalue weighted by molar-refractivity contribution is 5.88. The number of benzene rings is 2. The second-order valence-electron chi connectivity index (χ2n) is 7.53. The Morgan fingerprint density at radius 3 is 1.28 bits per heavy atom. The topological polar surface area (TPSA) is 20.2 Å². The predicted octanol–water partition coefficient (Wildman–Crippen LogP) is 6.82. The lowest BCUT2D eigenvalue weighted by molar-refractivity contribution is 0.434. The summed E-state index contributed by atoms with van der Waals surface area (Å²) in [6.45, 7) is 16.8. The van der Waals surface area contributed by atoms with Crippen molar-refractivity contribution >= 4 is 5.57 Å². The Morgan fingerprint density at radius 1 is 0.680 bits per heavy atom. The summed E-state index contributed by atoms with van der Waals surface area (Å²) < 4.78 is 0. The lowest BCUT2D eigenvalue weighted by Gasteiger charge is -2.21. The molecular weight excluding hydrogens is 304 g/mol. The fourth-order valence-electron chi connectivity index (χ4n) is 3.88. The second-order valence-corrected chi connectivity index (χ2v) is 7.53. The molecule has 0 aromatic heterocycles. The van der Waals surface area contributed by atoms with Gasteiger partial charge in [0.1, 0.15) is 5.76 Å².